The standard InChI is InChI=1S/C5H3ClO3S/c6-9-5(7)8-4-2-1-3-10-4/h1-3H. The second-order valence-corrected chi connectivity index (χ2v) is 2.43. The minimum Gasteiger partial charge on any atom is -0.383 e. The Kier molecular flexibility index (Phi) is 2.53. The van der Waals surface area contributed by atoms with Crippen molar-refractivity contribution in [2.45, 2.75) is 0 Å². The molecule has 0 aliphatic carbocycles. The van der Waals surface area contributed by atoms with Crippen molar-refractivity contribution in [1.82, 2.24) is 0 Å². The smallest absolute Gasteiger partial charge is 0.383 e. The van der Waals surface area contributed by atoms with Crippen LogP contribution in [0.4, 0.5) is 4.79 Å². The molecule has 0 saturated carbocycles. The molecule has 1 rings (SSSR count). The van der Waals surface area contributed by atoms with Gasteiger partial charge in [-0.25, -0.2) is 4.79 Å². The van der Waals surface area contributed by atoms with E-state index in [9.17, 15) is 4.79 Å². The Morgan fingerprint density at radius 1 is 1.70 bits per heavy atom. The lowest BCUT2D eigenvalue weighted by Crippen LogP contribution is -2.02. The predicted octanol–water partition coefficient (Wildman–Crippen LogP) is 2.42. The first-order valence-corrected chi connectivity index (χ1v) is 3.55. The number of halogens is 1. The largest absolute Gasteiger partial charge is 0.533 e. The van der Waals surface area contributed by atoms with Gasteiger partial charge in [0.2, 0.25) is 0 Å². The molecule has 10 heavy (non-hydrogen) atoms. The van der Waals surface area contributed by atoms with Gasteiger partial charge in [-0.2, -0.15) is 0 Å². The van der Waals surface area contributed by atoms with E-state index in [1.54, 1.807) is 17.5 Å². The number of carbonyl (C=O) groups excluding carboxylic acids is 1. The molecule has 3 nitrogen and oxygen atoms in total. The van der Waals surface area contributed by atoms with Crippen molar-refractivity contribution >= 4 is 29.4 Å². The third-order valence-electron chi connectivity index (χ3n) is 0.742. The van der Waals surface area contributed by atoms with E-state index in [1.165, 1.54) is 11.3 Å². The van der Waals surface area contributed by atoms with E-state index in [4.69, 9.17) is 11.9 Å². The lowest BCUT2D eigenvalue weighted by Gasteiger charge is -1.93. The molecule has 0 saturated heterocycles. The Hall–Kier alpha value is -0.740. The van der Waals surface area contributed by atoms with Crippen molar-refractivity contribution in [2.24, 2.45) is 0 Å². The van der Waals surface area contributed by atoms with Crippen molar-refractivity contribution in [3.8, 4) is 5.06 Å². The average Bonchev–Trinajstić information content (AvgIpc) is 2.40. The molecule has 0 amide bonds. The molecule has 0 N–H and O–H groups in total. The van der Waals surface area contributed by atoms with Crippen molar-refractivity contribution < 1.29 is 13.8 Å². The summed E-state index contributed by atoms with van der Waals surface area (Å²) < 4.78 is 8.27. The fraction of sp³-hybridized carbons (Fsp3) is 0. The molecule has 0 aliphatic heterocycles. The van der Waals surface area contributed by atoms with Gasteiger partial charge in [-0.15, -0.1) is 11.3 Å². The van der Waals surface area contributed by atoms with E-state index in [2.05, 4.69) is 9.03 Å². The molecule has 0 spiro atoms. The van der Waals surface area contributed by atoms with E-state index in [-0.39, 0.29) is 0 Å². The van der Waals surface area contributed by atoms with Gasteiger partial charge in [-0.1, -0.05) is 0 Å². The molecule has 0 atom stereocenters. The Labute approximate surface area is 66.3 Å². The number of ether oxygens (including phenoxy) is 1. The summed E-state index contributed by atoms with van der Waals surface area (Å²) in [6.07, 6.45) is -0.913. The maximum Gasteiger partial charge on any atom is 0.533 e. The summed E-state index contributed by atoms with van der Waals surface area (Å²) in [5.41, 5.74) is 0. The van der Waals surface area contributed by atoms with E-state index in [0.717, 1.165) is 0 Å². The van der Waals surface area contributed by atoms with Crippen LogP contribution < -0.4 is 4.74 Å². The van der Waals surface area contributed by atoms with Crippen LogP contribution >= 0.6 is 23.2 Å². The van der Waals surface area contributed by atoms with E-state index < -0.39 is 6.16 Å². The molecule has 0 aliphatic rings. The van der Waals surface area contributed by atoms with Gasteiger partial charge in [0.1, 0.15) is 11.9 Å². The highest BCUT2D eigenvalue weighted by molar-refractivity contribution is 7.11. The molecular weight excluding hydrogens is 176 g/mol. The Morgan fingerprint density at radius 3 is 3.00 bits per heavy atom. The SMILES string of the molecule is O=C(OCl)Oc1cccs1. The van der Waals surface area contributed by atoms with Gasteiger partial charge in [-0.05, 0) is 17.5 Å². The first kappa shape index (κ1) is 7.37. The minimum absolute atomic E-state index is 0.464. The van der Waals surface area contributed by atoms with E-state index in [1.807, 2.05) is 0 Å². The van der Waals surface area contributed by atoms with Crippen LogP contribution in [0.3, 0.4) is 0 Å². The topological polar surface area (TPSA) is 35.5 Å². The van der Waals surface area contributed by atoms with Gasteiger partial charge in [0.15, 0.2) is 5.06 Å². The molecule has 0 aromatic carbocycles. The van der Waals surface area contributed by atoms with Crippen LogP contribution in [-0.2, 0) is 4.29 Å². The highest BCUT2D eigenvalue weighted by atomic mass is 35.5. The van der Waals surface area contributed by atoms with Gasteiger partial charge in [0.25, 0.3) is 0 Å². The van der Waals surface area contributed by atoms with Gasteiger partial charge in [0.05, 0.1) is 0 Å². The Morgan fingerprint density at radius 2 is 2.50 bits per heavy atom. The van der Waals surface area contributed by atoms with Crippen molar-refractivity contribution in [2.75, 3.05) is 0 Å². The second kappa shape index (κ2) is 3.43. The molecule has 1 aromatic heterocycles. The number of thiophene rings is 1. The van der Waals surface area contributed by atoms with Gasteiger partial charge in [-0.3, -0.25) is 0 Å². The Balaban J connectivity index is 2.48. The summed E-state index contributed by atoms with van der Waals surface area (Å²) in [5.74, 6) is 0. The number of hydrogen-bond acceptors (Lipinski definition) is 4. The van der Waals surface area contributed by atoms with Crippen LogP contribution in [0.1, 0.15) is 0 Å². The zero-order chi connectivity index (χ0) is 7.40. The fourth-order valence-electron chi connectivity index (χ4n) is 0.419. The maximum absolute atomic E-state index is 10.3. The van der Waals surface area contributed by atoms with Crippen molar-refractivity contribution in [3.05, 3.63) is 17.5 Å². The highest BCUT2D eigenvalue weighted by Gasteiger charge is 2.03. The lowest BCUT2D eigenvalue weighted by atomic mass is 10.7. The minimum atomic E-state index is -0.913. The number of rotatable bonds is 1. The first-order chi connectivity index (χ1) is 4.83. The molecule has 1 heterocycles. The quantitative estimate of drug-likeness (QED) is 0.620. The van der Waals surface area contributed by atoms with Crippen LogP contribution in [0.15, 0.2) is 17.5 Å². The molecule has 0 fully saturated rings. The van der Waals surface area contributed by atoms with Crippen LogP contribution in [0.5, 0.6) is 5.06 Å². The number of carbonyl (C=O) groups is 1. The van der Waals surface area contributed by atoms with Crippen molar-refractivity contribution in [1.29, 1.82) is 0 Å². The van der Waals surface area contributed by atoms with Crippen LogP contribution in [0, 0.1) is 0 Å². The molecule has 0 bridgehead atoms. The van der Waals surface area contributed by atoms with Gasteiger partial charge >= 0.3 is 6.16 Å². The Bertz CT molecular complexity index is 209. The monoisotopic (exact) mass is 178 g/mol. The van der Waals surface area contributed by atoms with Gasteiger partial charge < -0.3 is 9.03 Å². The summed E-state index contributed by atoms with van der Waals surface area (Å²) in [7, 11) is 0. The van der Waals surface area contributed by atoms with Crippen molar-refractivity contribution in [3.63, 3.8) is 0 Å². The summed E-state index contributed by atoms with van der Waals surface area (Å²) in [6.45, 7) is 0. The zero-order valence-electron chi connectivity index (χ0n) is 4.74. The van der Waals surface area contributed by atoms with Gasteiger partial charge in [0, 0.05) is 0 Å². The third kappa shape index (κ3) is 1.89. The molecular formula is C5H3ClO3S. The van der Waals surface area contributed by atoms with Crippen LogP contribution in [0.2, 0.25) is 0 Å². The molecule has 54 valence electrons. The summed E-state index contributed by atoms with van der Waals surface area (Å²) >= 11 is 5.98. The lowest BCUT2D eigenvalue weighted by molar-refractivity contribution is 0.158. The first-order valence-electron chi connectivity index (χ1n) is 2.37. The van der Waals surface area contributed by atoms with Crippen LogP contribution in [0.25, 0.3) is 0 Å². The zero-order valence-corrected chi connectivity index (χ0v) is 6.32. The number of hydrogen-bond donors (Lipinski definition) is 0. The summed E-state index contributed by atoms with van der Waals surface area (Å²) in [5, 5.41) is 2.24. The molecule has 5 heteroatoms. The normalized spacial score (nSPS) is 8.90. The van der Waals surface area contributed by atoms with Crippen LogP contribution in [-0.4, -0.2) is 6.16 Å². The summed E-state index contributed by atoms with van der Waals surface area (Å²) in [4.78, 5) is 10.3. The highest BCUT2D eigenvalue weighted by Crippen LogP contribution is 2.18. The molecule has 0 unspecified atom stereocenters. The predicted molar refractivity (Wildman–Crippen MR) is 37.3 cm³/mol. The molecule has 0 radical (unpaired) electrons. The van der Waals surface area contributed by atoms with E-state index >= 15 is 0 Å². The third-order valence-corrected chi connectivity index (χ3v) is 1.61. The summed E-state index contributed by atoms with van der Waals surface area (Å²) in [6, 6.07) is 3.39. The average molecular weight is 179 g/mol. The second-order valence-electron chi connectivity index (χ2n) is 1.36. The maximum atomic E-state index is 10.3. The molecule has 1 aromatic rings. The fourth-order valence-corrected chi connectivity index (χ4v) is 1.02. The van der Waals surface area contributed by atoms with E-state index in [0.29, 0.717) is 5.06 Å².